The summed E-state index contributed by atoms with van der Waals surface area (Å²) in [4.78, 5) is 10.9. The highest BCUT2D eigenvalue weighted by Crippen LogP contribution is 2.22. The molecule has 14 heavy (non-hydrogen) atoms. The molecule has 0 fully saturated rings. The monoisotopic (exact) mass is 188 g/mol. The quantitative estimate of drug-likeness (QED) is 0.512. The summed E-state index contributed by atoms with van der Waals surface area (Å²) >= 11 is 0. The van der Waals surface area contributed by atoms with Crippen LogP contribution >= 0.6 is 0 Å². The molecule has 0 N–H and O–H groups in total. The normalized spacial score (nSPS) is 12.1. The molecule has 0 bridgehead atoms. The Morgan fingerprint density at radius 1 is 1.43 bits per heavy atom. The molecule has 0 saturated heterocycles. The predicted octanol–water partition coefficient (Wildman–Crippen LogP) is 3.24. The van der Waals surface area contributed by atoms with Crippen LogP contribution in [0.2, 0.25) is 0 Å². The summed E-state index contributed by atoms with van der Waals surface area (Å²) in [5.41, 5.74) is 2.33. The number of allylic oxidation sites excluding steroid dienone is 1. The smallest absolute Gasteiger partial charge is 0.127 e. The number of aryl methyl sites for hydroxylation is 1. The number of hydrogen-bond donors (Lipinski definition) is 0. The second-order valence-electron chi connectivity index (χ2n) is 3.47. The highest BCUT2D eigenvalue weighted by molar-refractivity contribution is 5.63. The Bertz CT molecular complexity index is 315. The molecule has 74 valence electrons. The van der Waals surface area contributed by atoms with Gasteiger partial charge in [0.15, 0.2) is 0 Å². The van der Waals surface area contributed by atoms with E-state index >= 15 is 0 Å². The average Bonchev–Trinajstić information content (AvgIpc) is 2.21. The molecule has 1 rings (SSSR count). The summed E-state index contributed by atoms with van der Waals surface area (Å²) in [7, 11) is 0. The number of aldehydes is 1. The fourth-order valence-corrected chi connectivity index (χ4v) is 1.60. The van der Waals surface area contributed by atoms with Gasteiger partial charge in [0.25, 0.3) is 0 Å². The molecule has 0 aliphatic rings. The maximum absolute atomic E-state index is 10.9. The minimum absolute atomic E-state index is 0.0224. The largest absolute Gasteiger partial charge is 0.303 e. The van der Waals surface area contributed by atoms with Gasteiger partial charge in [-0.25, -0.2) is 0 Å². The van der Waals surface area contributed by atoms with Gasteiger partial charge in [-0.3, -0.25) is 0 Å². The first kappa shape index (κ1) is 10.7. The van der Waals surface area contributed by atoms with Crippen LogP contribution in [0.5, 0.6) is 0 Å². The van der Waals surface area contributed by atoms with Crippen molar-refractivity contribution in [2.75, 3.05) is 0 Å². The molecule has 1 aromatic carbocycles. The fraction of sp³-hybridized carbons (Fsp3) is 0.308. The van der Waals surface area contributed by atoms with Crippen molar-refractivity contribution in [3.8, 4) is 0 Å². The third-order valence-corrected chi connectivity index (χ3v) is 2.43. The van der Waals surface area contributed by atoms with Gasteiger partial charge in [-0.1, -0.05) is 30.3 Å². The van der Waals surface area contributed by atoms with Gasteiger partial charge in [0.2, 0.25) is 0 Å². The lowest BCUT2D eigenvalue weighted by atomic mass is 9.92. The van der Waals surface area contributed by atoms with Gasteiger partial charge in [0, 0.05) is 5.92 Å². The molecule has 0 saturated carbocycles. The highest BCUT2D eigenvalue weighted by Gasteiger charge is 2.10. The molecule has 0 aliphatic heterocycles. The van der Waals surface area contributed by atoms with E-state index in [4.69, 9.17) is 0 Å². The summed E-state index contributed by atoms with van der Waals surface area (Å²) < 4.78 is 0. The maximum atomic E-state index is 10.9. The Labute approximate surface area is 85.5 Å². The van der Waals surface area contributed by atoms with Gasteiger partial charge < -0.3 is 4.79 Å². The average molecular weight is 188 g/mol. The molecule has 1 unspecified atom stereocenters. The molecule has 1 atom stereocenters. The van der Waals surface area contributed by atoms with Gasteiger partial charge in [-0.05, 0) is 30.9 Å². The van der Waals surface area contributed by atoms with Crippen LogP contribution in [0.1, 0.15) is 29.9 Å². The third-order valence-electron chi connectivity index (χ3n) is 2.43. The Kier molecular flexibility index (Phi) is 4.11. The lowest BCUT2D eigenvalue weighted by Gasteiger charge is -2.11. The van der Waals surface area contributed by atoms with Crippen molar-refractivity contribution in [1.82, 2.24) is 0 Å². The van der Waals surface area contributed by atoms with E-state index in [0.29, 0.717) is 0 Å². The van der Waals surface area contributed by atoms with E-state index in [1.54, 1.807) is 0 Å². The lowest BCUT2D eigenvalue weighted by molar-refractivity contribution is -0.109. The maximum Gasteiger partial charge on any atom is 0.127 e. The second-order valence-corrected chi connectivity index (χ2v) is 3.47. The van der Waals surface area contributed by atoms with Gasteiger partial charge in [0.05, 0.1) is 0 Å². The van der Waals surface area contributed by atoms with E-state index in [1.807, 2.05) is 37.3 Å². The van der Waals surface area contributed by atoms with Crippen LogP contribution in [0.15, 0.2) is 36.9 Å². The molecule has 0 heterocycles. The predicted molar refractivity (Wildman–Crippen MR) is 59.4 cm³/mol. The summed E-state index contributed by atoms with van der Waals surface area (Å²) in [6.45, 7) is 5.71. The van der Waals surface area contributed by atoms with Gasteiger partial charge >= 0.3 is 0 Å². The molecule has 0 spiro atoms. The number of hydrogen-bond acceptors (Lipinski definition) is 1. The zero-order valence-corrected chi connectivity index (χ0v) is 8.57. The fourth-order valence-electron chi connectivity index (χ4n) is 1.60. The molecule has 0 aliphatic carbocycles. The summed E-state index contributed by atoms with van der Waals surface area (Å²) in [5, 5.41) is 0. The second kappa shape index (κ2) is 5.38. The minimum atomic E-state index is 0.0224. The van der Waals surface area contributed by atoms with Gasteiger partial charge in [-0.15, -0.1) is 6.58 Å². The molecular weight excluding hydrogens is 172 g/mol. The van der Waals surface area contributed by atoms with Crippen LogP contribution in [0, 0.1) is 6.92 Å². The van der Waals surface area contributed by atoms with E-state index in [-0.39, 0.29) is 5.92 Å². The highest BCUT2D eigenvalue weighted by atomic mass is 16.1. The third kappa shape index (κ3) is 2.56. The van der Waals surface area contributed by atoms with Crippen LogP contribution in [0.3, 0.4) is 0 Å². The molecule has 1 heteroatoms. The van der Waals surface area contributed by atoms with Crippen molar-refractivity contribution in [3.63, 3.8) is 0 Å². The standard InChI is InChI=1S/C13H16O/c1-3-4-8-12(10-14)13-9-6-5-7-11(13)2/h3,5-7,9-10,12H,1,4,8H2,2H3. The van der Waals surface area contributed by atoms with E-state index < -0.39 is 0 Å². The van der Waals surface area contributed by atoms with Crippen molar-refractivity contribution in [2.45, 2.75) is 25.7 Å². The lowest BCUT2D eigenvalue weighted by Crippen LogP contribution is -2.01. The van der Waals surface area contributed by atoms with E-state index in [1.165, 1.54) is 5.56 Å². The van der Waals surface area contributed by atoms with Gasteiger partial charge in [0.1, 0.15) is 6.29 Å². The molecular formula is C13H16O. The number of benzene rings is 1. The molecule has 1 nitrogen and oxygen atoms in total. The molecule has 0 aromatic heterocycles. The Morgan fingerprint density at radius 2 is 2.14 bits per heavy atom. The first-order valence-electron chi connectivity index (χ1n) is 4.91. The number of rotatable bonds is 5. The molecule has 0 radical (unpaired) electrons. The van der Waals surface area contributed by atoms with Crippen molar-refractivity contribution < 1.29 is 4.79 Å². The van der Waals surface area contributed by atoms with Crippen molar-refractivity contribution in [2.24, 2.45) is 0 Å². The Balaban J connectivity index is 2.83. The van der Waals surface area contributed by atoms with E-state index in [2.05, 4.69) is 6.58 Å². The topological polar surface area (TPSA) is 17.1 Å². The van der Waals surface area contributed by atoms with Crippen LogP contribution in [-0.4, -0.2) is 6.29 Å². The first-order chi connectivity index (χ1) is 6.79. The van der Waals surface area contributed by atoms with E-state index in [0.717, 1.165) is 24.7 Å². The molecule has 1 aromatic rings. The van der Waals surface area contributed by atoms with Crippen LogP contribution in [0.4, 0.5) is 0 Å². The van der Waals surface area contributed by atoms with Crippen LogP contribution < -0.4 is 0 Å². The summed E-state index contributed by atoms with van der Waals surface area (Å²) in [6, 6.07) is 8.04. The van der Waals surface area contributed by atoms with E-state index in [9.17, 15) is 4.79 Å². The minimum Gasteiger partial charge on any atom is -0.303 e. The first-order valence-corrected chi connectivity index (χ1v) is 4.91. The van der Waals surface area contributed by atoms with Crippen molar-refractivity contribution in [1.29, 1.82) is 0 Å². The van der Waals surface area contributed by atoms with Crippen molar-refractivity contribution in [3.05, 3.63) is 48.0 Å². The summed E-state index contributed by atoms with van der Waals surface area (Å²) in [6.07, 6.45) is 4.64. The zero-order valence-electron chi connectivity index (χ0n) is 8.57. The Hall–Kier alpha value is -1.37. The number of carbonyl (C=O) groups is 1. The Morgan fingerprint density at radius 3 is 2.71 bits per heavy atom. The van der Waals surface area contributed by atoms with Crippen molar-refractivity contribution >= 4 is 6.29 Å². The summed E-state index contributed by atoms with van der Waals surface area (Å²) in [5.74, 6) is 0.0224. The number of carbonyl (C=O) groups excluding carboxylic acids is 1. The zero-order chi connectivity index (χ0) is 10.4. The SMILES string of the molecule is C=CCCC(C=O)c1ccccc1C. The molecule has 0 amide bonds. The van der Waals surface area contributed by atoms with Crippen LogP contribution in [0.25, 0.3) is 0 Å². The van der Waals surface area contributed by atoms with Gasteiger partial charge in [-0.2, -0.15) is 0 Å². The van der Waals surface area contributed by atoms with Crippen LogP contribution in [-0.2, 0) is 4.79 Å².